The van der Waals surface area contributed by atoms with E-state index in [0.717, 1.165) is 12.0 Å². The van der Waals surface area contributed by atoms with Gasteiger partial charge in [-0.2, -0.15) is 0 Å². The van der Waals surface area contributed by atoms with Gasteiger partial charge >= 0.3 is 0 Å². The van der Waals surface area contributed by atoms with Gasteiger partial charge in [-0.25, -0.2) is 0 Å². The predicted octanol–water partition coefficient (Wildman–Crippen LogP) is 3.20. The summed E-state index contributed by atoms with van der Waals surface area (Å²) in [4.78, 5) is 0. The maximum atomic E-state index is 3.59. The Morgan fingerprint density at radius 3 is 2.54 bits per heavy atom. The zero-order valence-corrected chi connectivity index (χ0v) is 9.69. The Hall–Kier alpha value is -0.0400. The van der Waals surface area contributed by atoms with E-state index in [1.807, 2.05) is 0 Å². The number of rotatable bonds is 3. The summed E-state index contributed by atoms with van der Waals surface area (Å²) in [5.74, 6) is 0.863. The van der Waals surface area contributed by atoms with Crippen molar-refractivity contribution in [3.8, 4) is 0 Å². The summed E-state index contributed by atoms with van der Waals surface area (Å²) >= 11 is 0. The van der Waals surface area contributed by atoms with Crippen molar-refractivity contribution in [1.82, 2.24) is 5.32 Å². The lowest BCUT2D eigenvalue weighted by Crippen LogP contribution is -2.29. The second-order valence-corrected chi connectivity index (χ2v) is 5.78. The molecule has 0 aliphatic carbocycles. The first-order chi connectivity index (χ1) is 5.99. The average molecular weight is 183 g/mol. The highest BCUT2D eigenvalue weighted by molar-refractivity contribution is 4.80. The van der Waals surface area contributed by atoms with Crippen molar-refractivity contribution >= 4 is 0 Å². The summed E-state index contributed by atoms with van der Waals surface area (Å²) in [5.41, 5.74) is 0.507. The summed E-state index contributed by atoms with van der Waals surface area (Å²) in [6.45, 7) is 10.6. The minimum Gasteiger partial charge on any atom is -0.314 e. The molecule has 1 rings (SSSR count). The van der Waals surface area contributed by atoms with Crippen LogP contribution >= 0.6 is 0 Å². The lowest BCUT2D eigenvalue weighted by atomic mass is 9.85. The summed E-state index contributed by atoms with van der Waals surface area (Å²) < 4.78 is 0. The maximum Gasteiger partial charge on any atom is 0.00931 e. The van der Waals surface area contributed by atoms with E-state index in [0.29, 0.717) is 5.41 Å². The third kappa shape index (κ3) is 4.12. The van der Waals surface area contributed by atoms with Crippen LogP contribution in [0.5, 0.6) is 0 Å². The van der Waals surface area contributed by atoms with Gasteiger partial charge in [-0.3, -0.25) is 0 Å². The zero-order valence-electron chi connectivity index (χ0n) is 9.69. The highest BCUT2D eigenvalue weighted by atomic mass is 14.9. The van der Waals surface area contributed by atoms with Gasteiger partial charge in [0.15, 0.2) is 0 Å². The fourth-order valence-electron chi connectivity index (χ4n) is 2.06. The standard InChI is InChI=1S/C12H25N/c1-10(7-8-12(2,3)4)11-6-5-9-13-11/h10-11,13H,5-9H2,1-4H3/t10-,11?/m0/s1. The van der Waals surface area contributed by atoms with E-state index >= 15 is 0 Å². The molecule has 0 spiro atoms. The van der Waals surface area contributed by atoms with Crippen molar-refractivity contribution in [1.29, 1.82) is 0 Å². The predicted molar refractivity (Wildman–Crippen MR) is 58.9 cm³/mol. The summed E-state index contributed by atoms with van der Waals surface area (Å²) in [6, 6.07) is 0.808. The molecule has 1 heteroatoms. The van der Waals surface area contributed by atoms with E-state index < -0.39 is 0 Å². The Morgan fingerprint density at radius 1 is 1.38 bits per heavy atom. The van der Waals surface area contributed by atoms with E-state index in [-0.39, 0.29) is 0 Å². The van der Waals surface area contributed by atoms with Gasteiger partial charge in [0.1, 0.15) is 0 Å². The molecule has 0 aromatic heterocycles. The van der Waals surface area contributed by atoms with Crippen LogP contribution in [0.2, 0.25) is 0 Å². The number of hydrogen-bond donors (Lipinski definition) is 1. The average Bonchev–Trinajstić information content (AvgIpc) is 2.50. The minimum atomic E-state index is 0.507. The Balaban J connectivity index is 2.20. The van der Waals surface area contributed by atoms with Crippen LogP contribution in [0.1, 0.15) is 53.4 Å². The van der Waals surface area contributed by atoms with Gasteiger partial charge in [-0.1, -0.05) is 27.7 Å². The molecule has 0 saturated carbocycles. The lowest BCUT2D eigenvalue weighted by Gasteiger charge is -2.24. The summed E-state index contributed by atoms with van der Waals surface area (Å²) in [6.07, 6.45) is 5.50. The van der Waals surface area contributed by atoms with Gasteiger partial charge in [0.25, 0.3) is 0 Å². The highest BCUT2D eigenvalue weighted by Crippen LogP contribution is 2.26. The van der Waals surface area contributed by atoms with Crippen molar-refractivity contribution in [2.24, 2.45) is 11.3 Å². The SMILES string of the molecule is C[C@@H](CCC(C)(C)C)C1CCCN1. The molecule has 1 nitrogen and oxygen atoms in total. The molecule has 0 radical (unpaired) electrons. The first kappa shape index (κ1) is 11.0. The van der Waals surface area contributed by atoms with Crippen LogP contribution in [0.3, 0.4) is 0 Å². The molecule has 0 aromatic carbocycles. The Kier molecular flexibility index (Phi) is 3.78. The van der Waals surface area contributed by atoms with Gasteiger partial charge < -0.3 is 5.32 Å². The fraction of sp³-hybridized carbons (Fsp3) is 1.00. The molecule has 1 N–H and O–H groups in total. The molecule has 0 aromatic rings. The van der Waals surface area contributed by atoms with Gasteiger partial charge in [-0.05, 0) is 43.6 Å². The van der Waals surface area contributed by atoms with Crippen LogP contribution < -0.4 is 5.32 Å². The van der Waals surface area contributed by atoms with Crippen LogP contribution in [-0.2, 0) is 0 Å². The second kappa shape index (κ2) is 4.45. The third-order valence-corrected chi connectivity index (χ3v) is 3.13. The van der Waals surface area contributed by atoms with Crippen LogP contribution in [-0.4, -0.2) is 12.6 Å². The Morgan fingerprint density at radius 2 is 2.08 bits per heavy atom. The van der Waals surface area contributed by atoms with E-state index in [4.69, 9.17) is 0 Å². The van der Waals surface area contributed by atoms with Crippen LogP contribution in [0.4, 0.5) is 0 Å². The molecule has 1 aliphatic heterocycles. The Bertz CT molecular complexity index is 140. The molecule has 13 heavy (non-hydrogen) atoms. The summed E-state index contributed by atoms with van der Waals surface area (Å²) in [7, 11) is 0. The van der Waals surface area contributed by atoms with E-state index in [1.54, 1.807) is 0 Å². The first-order valence-electron chi connectivity index (χ1n) is 5.72. The van der Waals surface area contributed by atoms with E-state index in [9.17, 15) is 0 Å². The first-order valence-corrected chi connectivity index (χ1v) is 5.72. The highest BCUT2D eigenvalue weighted by Gasteiger charge is 2.22. The fourth-order valence-corrected chi connectivity index (χ4v) is 2.06. The van der Waals surface area contributed by atoms with Crippen LogP contribution in [0, 0.1) is 11.3 Å². The third-order valence-electron chi connectivity index (χ3n) is 3.13. The maximum absolute atomic E-state index is 3.59. The van der Waals surface area contributed by atoms with Crippen LogP contribution in [0.25, 0.3) is 0 Å². The molecule has 1 aliphatic rings. The number of nitrogens with one attached hydrogen (secondary N) is 1. The van der Waals surface area contributed by atoms with Crippen molar-refractivity contribution in [2.45, 2.75) is 59.4 Å². The zero-order chi connectivity index (χ0) is 9.90. The largest absolute Gasteiger partial charge is 0.314 e. The normalized spacial score (nSPS) is 26.3. The van der Waals surface area contributed by atoms with Gasteiger partial charge in [0.05, 0.1) is 0 Å². The molecule has 78 valence electrons. The van der Waals surface area contributed by atoms with Gasteiger partial charge in [0.2, 0.25) is 0 Å². The van der Waals surface area contributed by atoms with Crippen molar-refractivity contribution in [3.05, 3.63) is 0 Å². The monoisotopic (exact) mass is 183 g/mol. The molecule has 0 amide bonds. The van der Waals surface area contributed by atoms with Crippen molar-refractivity contribution < 1.29 is 0 Å². The Labute approximate surface area is 83.3 Å². The van der Waals surface area contributed by atoms with E-state index in [1.165, 1.54) is 32.2 Å². The molecular weight excluding hydrogens is 158 g/mol. The molecule has 1 heterocycles. The van der Waals surface area contributed by atoms with Crippen molar-refractivity contribution in [3.63, 3.8) is 0 Å². The molecule has 1 fully saturated rings. The van der Waals surface area contributed by atoms with Gasteiger partial charge in [-0.15, -0.1) is 0 Å². The number of hydrogen-bond acceptors (Lipinski definition) is 1. The smallest absolute Gasteiger partial charge is 0.00931 e. The molecule has 1 unspecified atom stereocenters. The molecular formula is C12H25N. The molecule has 1 saturated heterocycles. The summed E-state index contributed by atoms with van der Waals surface area (Å²) in [5, 5.41) is 3.59. The second-order valence-electron chi connectivity index (χ2n) is 5.78. The van der Waals surface area contributed by atoms with Gasteiger partial charge in [0, 0.05) is 6.04 Å². The quantitative estimate of drug-likeness (QED) is 0.708. The lowest BCUT2D eigenvalue weighted by molar-refractivity contribution is 0.299. The molecule has 0 bridgehead atoms. The molecule has 2 atom stereocenters. The van der Waals surface area contributed by atoms with Crippen LogP contribution in [0.15, 0.2) is 0 Å². The topological polar surface area (TPSA) is 12.0 Å². The van der Waals surface area contributed by atoms with E-state index in [2.05, 4.69) is 33.0 Å². The van der Waals surface area contributed by atoms with Crippen molar-refractivity contribution in [2.75, 3.05) is 6.54 Å². The minimum absolute atomic E-state index is 0.507.